The highest BCUT2D eigenvalue weighted by atomic mass is 16.5. The SMILES string of the molecule is B/C1=C\CCCCCC1OCc1ccc(C(C)=O)cc1. The summed E-state index contributed by atoms with van der Waals surface area (Å²) in [5, 5.41) is 0. The maximum absolute atomic E-state index is 11.2. The van der Waals surface area contributed by atoms with Crippen LogP contribution in [0.2, 0.25) is 0 Å². The summed E-state index contributed by atoms with van der Waals surface area (Å²) in [6.07, 6.45) is 8.73. The van der Waals surface area contributed by atoms with Gasteiger partial charge in [0.2, 0.25) is 0 Å². The Morgan fingerprint density at radius 1 is 1.25 bits per heavy atom. The number of benzene rings is 1. The number of hydrogen-bond acceptors (Lipinski definition) is 2. The highest BCUT2D eigenvalue weighted by Crippen LogP contribution is 2.20. The topological polar surface area (TPSA) is 26.3 Å². The van der Waals surface area contributed by atoms with E-state index < -0.39 is 0 Å². The predicted octanol–water partition coefficient (Wildman–Crippen LogP) is 3.26. The number of ether oxygens (including phenoxy) is 1. The Morgan fingerprint density at radius 3 is 2.70 bits per heavy atom. The van der Waals surface area contributed by atoms with Gasteiger partial charge in [-0.15, -0.1) is 0 Å². The molecule has 0 aliphatic heterocycles. The fourth-order valence-corrected chi connectivity index (χ4v) is 2.59. The Balaban J connectivity index is 1.93. The molecule has 3 heteroatoms. The Morgan fingerprint density at radius 2 is 2.00 bits per heavy atom. The van der Waals surface area contributed by atoms with E-state index in [9.17, 15) is 4.79 Å². The number of allylic oxidation sites excluding steroid dienone is 1. The Labute approximate surface area is 122 Å². The van der Waals surface area contributed by atoms with Crippen LogP contribution in [-0.4, -0.2) is 19.7 Å². The monoisotopic (exact) mass is 270 g/mol. The molecule has 0 radical (unpaired) electrons. The first-order valence-electron chi connectivity index (χ1n) is 7.55. The number of carbonyl (C=O) groups is 1. The van der Waals surface area contributed by atoms with Crippen LogP contribution in [0.3, 0.4) is 0 Å². The molecule has 0 spiro atoms. The van der Waals surface area contributed by atoms with Gasteiger partial charge in [-0.2, -0.15) is 0 Å². The summed E-state index contributed by atoms with van der Waals surface area (Å²) in [6, 6.07) is 7.72. The molecule has 0 amide bonds. The van der Waals surface area contributed by atoms with Gasteiger partial charge in [-0.3, -0.25) is 4.79 Å². The minimum Gasteiger partial charge on any atom is -0.370 e. The van der Waals surface area contributed by atoms with E-state index in [0.717, 1.165) is 17.5 Å². The van der Waals surface area contributed by atoms with Gasteiger partial charge in [0.25, 0.3) is 0 Å². The van der Waals surface area contributed by atoms with Crippen LogP contribution in [-0.2, 0) is 11.3 Å². The number of carbonyl (C=O) groups excluding carboxylic acids is 1. The molecule has 0 saturated carbocycles. The first-order valence-corrected chi connectivity index (χ1v) is 7.55. The van der Waals surface area contributed by atoms with Crippen molar-refractivity contribution in [2.24, 2.45) is 0 Å². The zero-order chi connectivity index (χ0) is 14.4. The number of Topliss-reactive ketones (excluding diaryl/α,β-unsaturated/α-hetero) is 1. The molecule has 0 bridgehead atoms. The third kappa shape index (κ3) is 4.34. The number of hydrogen-bond donors (Lipinski definition) is 0. The molecular weight excluding hydrogens is 247 g/mol. The molecule has 0 fully saturated rings. The van der Waals surface area contributed by atoms with E-state index in [1.807, 2.05) is 24.3 Å². The summed E-state index contributed by atoms with van der Waals surface area (Å²) in [5.74, 6) is 0.108. The summed E-state index contributed by atoms with van der Waals surface area (Å²) in [7, 11) is 2.18. The zero-order valence-corrected chi connectivity index (χ0v) is 12.5. The number of ketones is 1. The van der Waals surface area contributed by atoms with Crippen LogP contribution in [0.4, 0.5) is 0 Å². The Kier molecular flexibility index (Phi) is 5.60. The van der Waals surface area contributed by atoms with Crippen molar-refractivity contribution in [2.75, 3.05) is 0 Å². The van der Waals surface area contributed by atoms with Crippen molar-refractivity contribution in [1.82, 2.24) is 0 Å². The molecule has 1 aromatic rings. The fourth-order valence-electron chi connectivity index (χ4n) is 2.59. The quantitative estimate of drug-likeness (QED) is 0.620. The van der Waals surface area contributed by atoms with Crippen molar-refractivity contribution < 1.29 is 9.53 Å². The predicted molar refractivity (Wildman–Crippen MR) is 84.7 cm³/mol. The highest BCUT2D eigenvalue weighted by molar-refractivity contribution is 6.22. The molecule has 1 aromatic carbocycles. The lowest BCUT2D eigenvalue weighted by molar-refractivity contribution is 0.0608. The van der Waals surface area contributed by atoms with Crippen LogP contribution in [0.5, 0.6) is 0 Å². The molecule has 1 aliphatic rings. The average Bonchev–Trinajstić information content (AvgIpc) is 2.43. The average molecular weight is 270 g/mol. The fraction of sp³-hybridized carbons (Fsp3) is 0.471. The van der Waals surface area contributed by atoms with Gasteiger partial charge < -0.3 is 4.74 Å². The smallest absolute Gasteiger partial charge is 0.159 e. The molecule has 0 N–H and O–H groups in total. The zero-order valence-electron chi connectivity index (χ0n) is 12.5. The second-order valence-corrected chi connectivity index (χ2v) is 5.64. The minimum absolute atomic E-state index is 0.108. The van der Waals surface area contributed by atoms with Crippen molar-refractivity contribution in [3.05, 3.63) is 46.9 Å². The summed E-state index contributed by atoms with van der Waals surface area (Å²) in [6.45, 7) is 2.21. The van der Waals surface area contributed by atoms with E-state index in [1.54, 1.807) is 6.92 Å². The lowest BCUT2D eigenvalue weighted by Crippen LogP contribution is -2.17. The van der Waals surface area contributed by atoms with Gasteiger partial charge >= 0.3 is 0 Å². The molecule has 0 heterocycles. The van der Waals surface area contributed by atoms with Gasteiger partial charge in [-0.05, 0) is 31.7 Å². The van der Waals surface area contributed by atoms with Gasteiger partial charge in [0.05, 0.1) is 12.7 Å². The van der Waals surface area contributed by atoms with Crippen molar-refractivity contribution >= 4 is 13.6 Å². The third-order valence-electron chi connectivity index (χ3n) is 3.96. The molecule has 1 unspecified atom stereocenters. The van der Waals surface area contributed by atoms with E-state index in [0.29, 0.717) is 6.61 Å². The maximum Gasteiger partial charge on any atom is 0.159 e. The van der Waals surface area contributed by atoms with E-state index in [2.05, 4.69) is 13.9 Å². The lowest BCUT2D eigenvalue weighted by Gasteiger charge is -2.21. The Hall–Kier alpha value is -1.35. The van der Waals surface area contributed by atoms with Crippen LogP contribution in [0.25, 0.3) is 0 Å². The first kappa shape index (κ1) is 15.1. The van der Waals surface area contributed by atoms with E-state index in [1.165, 1.54) is 31.2 Å². The van der Waals surface area contributed by atoms with Crippen LogP contribution >= 0.6 is 0 Å². The van der Waals surface area contributed by atoms with Crippen molar-refractivity contribution in [3.63, 3.8) is 0 Å². The van der Waals surface area contributed by atoms with Gasteiger partial charge in [-0.1, -0.05) is 48.7 Å². The molecule has 0 saturated heterocycles. The van der Waals surface area contributed by atoms with Crippen molar-refractivity contribution in [2.45, 2.75) is 51.7 Å². The lowest BCUT2D eigenvalue weighted by atomic mass is 9.84. The number of rotatable bonds is 4. The molecule has 106 valence electrons. The largest absolute Gasteiger partial charge is 0.370 e. The maximum atomic E-state index is 11.2. The summed E-state index contributed by atoms with van der Waals surface area (Å²) in [5.41, 5.74) is 3.26. The molecule has 1 atom stereocenters. The van der Waals surface area contributed by atoms with Crippen LogP contribution in [0.1, 0.15) is 54.9 Å². The highest BCUT2D eigenvalue weighted by Gasteiger charge is 2.13. The van der Waals surface area contributed by atoms with Crippen molar-refractivity contribution in [3.8, 4) is 0 Å². The molecule has 20 heavy (non-hydrogen) atoms. The van der Waals surface area contributed by atoms with E-state index >= 15 is 0 Å². The van der Waals surface area contributed by atoms with E-state index in [4.69, 9.17) is 4.74 Å². The molecule has 0 aromatic heterocycles. The molecule has 2 rings (SSSR count). The third-order valence-corrected chi connectivity index (χ3v) is 3.96. The normalized spacial score (nSPS) is 22.4. The van der Waals surface area contributed by atoms with Gasteiger partial charge in [0.15, 0.2) is 5.78 Å². The molecular formula is C17H23BO2. The molecule has 2 nitrogen and oxygen atoms in total. The van der Waals surface area contributed by atoms with E-state index in [-0.39, 0.29) is 11.9 Å². The second kappa shape index (κ2) is 7.44. The standard InChI is InChI=1S/C17H23BO2/c1-13(19)15-10-8-14(9-11-15)12-20-17-7-5-3-2-4-6-16(17)18/h6,8-11,17H,2-5,7,12,18H2,1H3/b16-6-. The van der Waals surface area contributed by atoms with Gasteiger partial charge in [-0.25, -0.2) is 0 Å². The van der Waals surface area contributed by atoms with Crippen LogP contribution < -0.4 is 0 Å². The summed E-state index contributed by atoms with van der Waals surface area (Å²) in [4.78, 5) is 11.2. The second-order valence-electron chi connectivity index (χ2n) is 5.64. The summed E-state index contributed by atoms with van der Waals surface area (Å²) >= 11 is 0. The molecule has 1 aliphatic carbocycles. The summed E-state index contributed by atoms with van der Waals surface area (Å²) < 4.78 is 6.06. The van der Waals surface area contributed by atoms with Crippen molar-refractivity contribution in [1.29, 1.82) is 0 Å². The van der Waals surface area contributed by atoms with Crippen LogP contribution in [0.15, 0.2) is 35.8 Å². The van der Waals surface area contributed by atoms with Crippen LogP contribution in [0, 0.1) is 0 Å². The Bertz CT molecular complexity index is 476. The van der Waals surface area contributed by atoms with Gasteiger partial charge in [0.1, 0.15) is 7.85 Å². The first-order chi connectivity index (χ1) is 9.66. The minimum atomic E-state index is 0.108. The van der Waals surface area contributed by atoms with Gasteiger partial charge in [0, 0.05) is 5.56 Å².